The SMILES string of the molecule is CC(=O)c1ccc(NC(=O)CCN(C2CCC(C)CC2)C2CC2)cc1. The van der Waals surface area contributed by atoms with E-state index in [1.165, 1.54) is 38.5 Å². The second kappa shape index (κ2) is 8.13. The fourth-order valence-corrected chi connectivity index (χ4v) is 3.89. The second-order valence-electron chi connectivity index (χ2n) is 7.81. The standard InChI is InChI=1S/C21H30N2O2/c1-15-3-9-19(10-4-15)23(20-11-12-20)14-13-21(25)22-18-7-5-17(6-8-18)16(2)24/h5-8,15,19-20H,3-4,9-14H2,1-2H3,(H,22,25). The van der Waals surface area contributed by atoms with Crippen molar-refractivity contribution in [3.8, 4) is 0 Å². The summed E-state index contributed by atoms with van der Waals surface area (Å²) < 4.78 is 0. The van der Waals surface area contributed by atoms with Gasteiger partial charge in [0.25, 0.3) is 0 Å². The Bertz CT molecular complexity index is 599. The Morgan fingerprint density at radius 2 is 1.56 bits per heavy atom. The summed E-state index contributed by atoms with van der Waals surface area (Å²) in [6.45, 7) is 4.76. The van der Waals surface area contributed by atoms with Crippen molar-refractivity contribution >= 4 is 17.4 Å². The van der Waals surface area contributed by atoms with E-state index in [1.54, 1.807) is 31.2 Å². The van der Waals surface area contributed by atoms with Gasteiger partial charge in [0.05, 0.1) is 0 Å². The highest BCUT2D eigenvalue weighted by atomic mass is 16.1. The molecule has 1 aromatic carbocycles. The summed E-state index contributed by atoms with van der Waals surface area (Å²) in [6, 6.07) is 8.51. The number of benzene rings is 1. The first-order valence-electron chi connectivity index (χ1n) is 9.69. The quantitative estimate of drug-likeness (QED) is 0.753. The summed E-state index contributed by atoms with van der Waals surface area (Å²) in [7, 11) is 0. The first-order valence-corrected chi connectivity index (χ1v) is 9.69. The molecule has 1 aromatic rings. The van der Waals surface area contributed by atoms with Gasteiger partial charge in [-0.05, 0) is 75.6 Å². The molecular formula is C21H30N2O2. The van der Waals surface area contributed by atoms with Gasteiger partial charge in [-0.3, -0.25) is 14.5 Å². The van der Waals surface area contributed by atoms with Gasteiger partial charge in [0.2, 0.25) is 5.91 Å². The first kappa shape index (κ1) is 18.1. The maximum Gasteiger partial charge on any atom is 0.225 e. The lowest BCUT2D eigenvalue weighted by Crippen LogP contribution is -2.41. The van der Waals surface area contributed by atoms with Crippen LogP contribution in [0.4, 0.5) is 5.69 Å². The molecule has 1 N–H and O–H groups in total. The van der Waals surface area contributed by atoms with Gasteiger partial charge in [-0.2, -0.15) is 0 Å². The van der Waals surface area contributed by atoms with Crippen molar-refractivity contribution in [2.75, 3.05) is 11.9 Å². The molecule has 2 fully saturated rings. The van der Waals surface area contributed by atoms with Gasteiger partial charge in [-0.15, -0.1) is 0 Å². The van der Waals surface area contributed by atoms with E-state index in [0.717, 1.165) is 18.2 Å². The maximum absolute atomic E-state index is 12.3. The van der Waals surface area contributed by atoms with Crippen LogP contribution in [0.1, 0.15) is 69.2 Å². The van der Waals surface area contributed by atoms with Gasteiger partial charge in [0, 0.05) is 36.3 Å². The van der Waals surface area contributed by atoms with Crippen LogP contribution in [-0.2, 0) is 4.79 Å². The van der Waals surface area contributed by atoms with Gasteiger partial charge in [-0.1, -0.05) is 6.92 Å². The lowest BCUT2D eigenvalue weighted by Gasteiger charge is -2.36. The zero-order valence-electron chi connectivity index (χ0n) is 15.5. The Kier molecular flexibility index (Phi) is 5.89. The molecular weight excluding hydrogens is 312 g/mol. The molecule has 2 aliphatic carbocycles. The summed E-state index contributed by atoms with van der Waals surface area (Å²) in [4.78, 5) is 26.2. The lowest BCUT2D eigenvalue weighted by atomic mass is 9.86. The molecule has 4 nitrogen and oxygen atoms in total. The third-order valence-corrected chi connectivity index (χ3v) is 5.64. The van der Waals surface area contributed by atoms with Gasteiger partial charge in [0.1, 0.15) is 0 Å². The number of carbonyl (C=O) groups is 2. The fraction of sp³-hybridized carbons (Fsp3) is 0.619. The zero-order chi connectivity index (χ0) is 17.8. The van der Waals surface area contributed by atoms with Crippen LogP contribution >= 0.6 is 0 Å². The van der Waals surface area contributed by atoms with Crippen molar-refractivity contribution in [1.82, 2.24) is 4.90 Å². The molecule has 0 unspecified atom stereocenters. The van der Waals surface area contributed by atoms with Crippen molar-refractivity contribution < 1.29 is 9.59 Å². The van der Waals surface area contributed by atoms with Crippen LogP contribution in [-0.4, -0.2) is 35.2 Å². The largest absolute Gasteiger partial charge is 0.326 e. The molecule has 0 bridgehead atoms. The van der Waals surface area contributed by atoms with Crippen molar-refractivity contribution in [3.05, 3.63) is 29.8 Å². The number of carbonyl (C=O) groups excluding carboxylic acids is 2. The Balaban J connectivity index is 1.49. The molecule has 0 aromatic heterocycles. The molecule has 136 valence electrons. The van der Waals surface area contributed by atoms with Crippen molar-refractivity contribution in [3.63, 3.8) is 0 Å². The van der Waals surface area contributed by atoms with E-state index in [-0.39, 0.29) is 11.7 Å². The minimum absolute atomic E-state index is 0.0414. The third-order valence-electron chi connectivity index (χ3n) is 5.64. The fourth-order valence-electron chi connectivity index (χ4n) is 3.89. The average Bonchev–Trinajstić information content (AvgIpc) is 3.42. The summed E-state index contributed by atoms with van der Waals surface area (Å²) in [5, 5.41) is 2.96. The third kappa shape index (κ3) is 5.15. The van der Waals surface area contributed by atoms with Crippen LogP contribution in [0.25, 0.3) is 0 Å². The number of nitrogens with zero attached hydrogens (tertiary/aromatic N) is 1. The average molecular weight is 342 g/mol. The monoisotopic (exact) mass is 342 g/mol. The number of rotatable bonds is 7. The summed E-state index contributed by atoms with van der Waals surface area (Å²) in [6.07, 6.45) is 8.33. The molecule has 0 radical (unpaired) electrons. The second-order valence-corrected chi connectivity index (χ2v) is 7.81. The van der Waals surface area contributed by atoms with E-state index >= 15 is 0 Å². The summed E-state index contributed by atoms with van der Waals surface area (Å²) in [5.74, 6) is 0.962. The number of ketones is 1. The van der Waals surface area contributed by atoms with E-state index in [1.807, 2.05) is 0 Å². The molecule has 3 rings (SSSR count). The zero-order valence-corrected chi connectivity index (χ0v) is 15.5. The molecule has 0 spiro atoms. The number of amides is 1. The normalized spacial score (nSPS) is 23.5. The molecule has 1 amide bonds. The highest BCUT2D eigenvalue weighted by molar-refractivity contribution is 5.95. The van der Waals surface area contributed by atoms with Gasteiger partial charge >= 0.3 is 0 Å². The molecule has 25 heavy (non-hydrogen) atoms. The van der Waals surface area contributed by atoms with Crippen LogP contribution in [0.2, 0.25) is 0 Å². The van der Waals surface area contributed by atoms with Gasteiger partial charge in [0.15, 0.2) is 5.78 Å². The van der Waals surface area contributed by atoms with Crippen molar-refractivity contribution in [2.24, 2.45) is 5.92 Å². The molecule has 4 heteroatoms. The number of Topliss-reactive ketones (excluding diaryl/α,β-unsaturated/α-hetero) is 1. The minimum Gasteiger partial charge on any atom is -0.326 e. The highest BCUT2D eigenvalue weighted by Crippen LogP contribution is 2.35. The van der Waals surface area contributed by atoms with E-state index in [4.69, 9.17) is 0 Å². The smallest absolute Gasteiger partial charge is 0.225 e. The van der Waals surface area contributed by atoms with Crippen LogP contribution in [0.15, 0.2) is 24.3 Å². The van der Waals surface area contributed by atoms with Gasteiger partial charge in [-0.25, -0.2) is 0 Å². The molecule has 0 atom stereocenters. The number of anilines is 1. The Labute approximate surface area is 151 Å². The van der Waals surface area contributed by atoms with Crippen LogP contribution in [0.3, 0.4) is 0 Å². The lowest BCUT2D eigenvalue weighted by molar-refractivity contribution is -0.116. The Morgan fingerprint density at radius 3 is 2.08 bits per heavy atom. The highest BCUT2D eigenvalue weighted by Gasteiger charge is 2.35. The first-order chi connectivity index (χ1) is 12.0. The Hall–Kier alpha value is -1.68. The van der Waals surface area contributed by atoms with Crippen LogP contribution < -0.4 is 5.32 Å². The molecule has 0 aliphatic heterocycles. The predicted molar refractivity (Wildman–Crippen MR) is 101 cm³/mol. The summed E-state index contributed by atoms with van der Waals surface area (Å²) >= 11 is 0. The molecule has 2 saturated carbocycles. The maximum atomic E-state index is 12.3. The van der Waals surface area contributed by atoms with E-state index in [2.05, 4.69) is 17.1 Å². The van der Waals surface area contributed by atoms with Gasteiger partial charge < -0.3 is 5.32 Å². The van der Waals surface area contributed by atoms with Crippen molar-refractivity contribution in [2.45, 2.75) is 70.9 Å². The van der Waals surface area contributed by atoms with Crippen LogP contribution in [0, 0.1) is 5.92 Å². The van der Waals surface area contributed by atoms with E-state index in [9.17, 15) is 9.59 Å². The minimum atomic E-state index is 0.0414. The van der Waals surface area contributed by atoms with E-state index in [0.29, 0.717) is 24.1 Å². The predicted octanol–water partition coefficient (Wildman–Crippen LogP) is 4.26. The number of hydrogen-bond donors (Lipinski definition) is 1. The molecule has 0 heterocycles. The topological polar surface area (TPSA) is 49.4 Å². The Morgan fingerprint density at radius 1 is 1.00 bits per heavy atom. The van der Waals surface area contributed by atoms with E-state index < -0.39 is 0 Å². The summed E-state index contributed by atoms with van der Waals surface area (Å²) in [5.41, 5.74) is 1.43. The number of hydrogen-bond acceptors (Lipinski definition) is 3. The molecule has 0 saturated heterocycles. The molecule has 2 aliphatic rings. The van der Waals surface area contributed by atoms with Crippen molar-refractivity contribution in [1.29, 1.82) is 0 Å². The number of nitrogens with one attached hydrogen (secondary N) is 1. The van der Waals surface area contributed by atoms with Crippen LogP contribution in [0.5, 0.6) is 0 Å².